The molecule has 1 aliphatic rings. The molecule has 124 valence electrons. The molecule has 1 aliphatic heterocycles. The summed E-state index contributed by atoms with van der Waals surface area (Å²) in [6.45, 7) is 1.38. The zero-order chi connectivity index (χ0) is 16.3. The van der Waals surface area contributed by atoms with E-state index in [1.54, 1.807) is 6.33 Å². The van der Waals surface area contributed by atoms with Crippen LogP contribution in [0.3, 0.4) is 0 Å². The van der Waals surface area contributed by atoms with E-state index in [0.29, 0.717) is 13.0 Å². The number of nitrogens with one attached hydrogen (secondary N) is 1. The summed E-state index contributed by atoms with van der Waals surface area (Å²) in [5.41, 5.74) is 0. The third-order valence-electron chi connectivity index (χ3n) is 4.00. The van der Waals surface area contributed by atoms with E-state index in [-0.39, 0.29) is 16.7 Å². The van der Waals surface area contributed by atoms with Crippen molar-refractivity contribution in [3.8, 4) is 0 Å². The van der Waals surface area contributed by atoms with Gasteiger partial charge in [-0.3, -0.25) is 0 Å². The molecule has 8 heteroatoms. The average molecular weight is 338 g/mol. The summed E-state index contributed by atoms with van der Waals surface area (Å²) in [6.07, 6.45) is 3.93. The fraction of sp³-hybridized carbons (Fsp3) is 0.467. The fourth-order valence-electron chi connectivity index (χ4n) is 2.73. The van der Waals surface area contributed by atoms with Gasteiger partial charge in [0.15, 0.2) is 9.84 Å². The Bertz CT molecular complexity index is 758. The fourth-order valence-corrected chi connectivity index (χ4v) is 4.04. The highest BCUT2D eigenvalue weighted by Crippen LogP contribution is 2.14. The maximum absolute atomic E-state index is 12.9. The molecule has 3 rings (SSSR count). The van der Waals surface area contributed by atoms with Crippen molar-refractivity contribution in [3.05, 3.63) is 42.2 Å². The van der Waals surface area contributed by atoms with Crippen LogP contribution in [0.1, 0.15) is 18.7 Å². The van der Waals surface area contributed by atoms with Gasteiger partial charge in [0.2, 0.25) is 0 Å². The van der Waals surface area contributed by atoms with Gasteiger partial charge in [0.05, 0.1) is 17.2 Å². The van der Waals surface area contributed by atoms with Gasteiger partial charge in [0, 0.05) is 12.5 Å². The molecule has 2 heterocycles. The number of benzene rings is 1. The molecule has 1 aromatic heterocycles. The SMILES string of the molecule is O=S(=O)(CCCN[C@H]1CCc2ncnn2C1)c1ccc(F)cc1. The highest BCUT2D eigenvalue weighted by molar-refractivity contribution is 7.91. The van der Waals surface area contributed by atoms with Crippen LogP contribution in [0.15, 0.2) is 35.5 Å². The highest BCUT2D eigenvalue weighted by Gasteiger charge is 2.19. The van der Waals surface area contributed by atoms with Crippen LogP contribution in [-0.4, -0.2) is 41.5 Å². The number of halogens is 1. The molecule has 0 fully saturated rings. The number of nitrogens with zero attached hydrogens (tertiary/aromatic N) is 3. The third-order valence-corrected chi connectivity index (χ3v) is 5.82. The molecule has 0 spiro atoms. The van der Waals surface area contributed by atoms with E-state index in [2.05, 4.69) is 15.4 Å². The monoisotopic (exact) mass is 338 g/mol. The number of sulfone groups is 1. The number of hydrogen-bond acceptors (Lipinski definition) is 5. The molecule has 1 atom stereocenters. The summed E-state index contributed by atoms with van der Waals surface area (Å²) in [4.78, 5) is 4.35. The predicted octanol–water partition coefficient (Wildman–Crippen LogP) is 1.19. The molecule has 2 aromatic rings. The Balaban J connectivity index is 1.46. The lowest BCUT2D eigenvalue weighted by molar-refractivity contribution is 0.360. The first-order chi connectivity index (χ1) is 11.0. The first-order valence-electron chi connectivity index (χ1n) is 7.63. The van der Waals surface area contributed by atoms with Crippen molar-refractivity contribution in [2.75, 3.05) is 12.3 Å². The number of fused-ring (bicyclic) bond motifs is 1. The number of aryl methyl sites for hydroxylation is 1. The highest BCUT2D eigenvalue weighted by atomic mass is 32.2. The minimum absolute atomic E-state index is 0.0485. The summed E-state index contributed by atoms with van der Waals surface area (Å²) in [7, 11) is -3.35. The van der Waals surface area contributed by atoms with Crippen LogP contribution in [0.2, 0.25) is 0 Å². The minimum atomic E-state index is -3.35. The van der Waals surface area contributed by atoms with Gasteiger partial charge in [0.1, 0.15) is 18.0 Å². The van der Waals surface area contributed by atoms with Gasteiger partial charge in [-0.2, -0.15) is 5.10 Å². The molecule has 23 heavy (non-hydrogen) atoms. The van der Waals surface area contributed by atoms with Crippen LogP contribution in [0.5, 0.6) is 0 Å². The van der Waals surface area contributed by atoms with Gasteiger partial charge in [-0.15, -0.1) is 0 Å². The summed E-state index contributed by atoms with van der Waals surface area (Å²) in [5, 5.41) is 7.53. The van der Waals surface area contributed by atoms with E-state index in [9.17, 15) is 12.8 Å². The smallest absolute Gasteiger partial charge is 0.178 e. The maximum Gasteiger partial charge on any atom is 0.178 e. The van der Waals surface area contributed by atoms with Crippen LogP contribution in [0.25, 0.3) is 0 Å². The third kappa shape index (κ3) is 3.94. The molecule has 1 N–H and O–H groups in total. The lowest BCUT2D eigenvalue weighted by Gasteiger charge is -2.23. The second kappa shape index (κ2) is 6.76. The van der Waals surface area contributed by atoms with E-state index in [0.717, 1.165) is 25.2 Å². The minimum Gasteiger partial charge on any atom is -0.312 e. The van der Waals surface area contributed by atoms with Gasteiger partial charge in [-0.1, -0.05) is 0 Å². The zero-order valence-electron chi connectivity index (χ0n) is 12.7. The van der Waals surface area contributed by atoms with Crippen LogP contribution in [-0.2, 0) is 22.8 Å². The molecule has 0 saturated heterocycles. The first kappa shape index (κ1) is 16.1. The van der Waals surface area contributed by atoms with E-state index >= 15 is 0 Å². The van der Waals surface area contributed by atoms with Crippen molar-refractivity contribution < 1.29 is 12.8 Å². The van der Waals surface area contributed by atoms with Crippen LogP contribution in [0, 0.1) is 5.82 Å². The van der Waals surface area contributed by atoms with E-state index in [1.165, 1.54) is 24.3 Å². The molecule has 0 aliphatic carbocycles. The maximum atomic E-state index is 12.9. The molecular weight excluding hydrogens is 319 g/mol. The Hall–Kier alpha value is -1.80. The van der Waals surface area contributed by atoms with Gasteiger partial charge >= 0.3 is 0 Å². The van der Waals surface area contributed by atoms with Crippen molar-refractivity contribution in [1.82, 2.24) is 20.1 Å². The predicted molar refractivity (Wildman–Crippen MR) is 83.2 cm³/mol. The van der Waals surface area contributed by atoms with Gasteiger partial charge < -0.3 is 5.32 Å². The van der Waals surface area contributed by atoms with Crippen LogP contribution < -0.4 is 5.32 Å². The van der Waals surface area contributed by atoms with E-state index in [1.807, 2.05) is 4.68 Å². The quantitative estimate of drug-likeness (QED) is 0.632. The van der Waals surface area contributed by atoms with E-state index in [4.69, 9.17) is 0 Å². The Kier molecular flexibility index (Phi) is 4.72. The molecule has 0 unspecified atom stereocenters. The van der Waals surface area contributed by atoms with Crippen molar-refractivity contribution in [2.45, 2.75) is 36.7 Å². The Morgan fingerprint density at radius 1 is 1.30 bits per heavy atom. The summed E-state index contributed by atoms with van der Waals surface area (Å²) < 4.78 is 39.0. The summed E-state index contributed by atoms with van der Waals surface area (Å²) >= 11 is 0. The molecular formula is C15H19FN4O2S. The van der Waals surface area contributed by atoms with Crippen molar-refractivity contribution in [2.24, 2.45) is 0 Å². The summed E-state index contributed by atoms with van der Waals surface area (Å²) in [5.74, 6) is 0.616. The van der Waals surface area contributed by atoms with Crippen molar-refractivity contribution in [1.29, 1.82) is 0 Å². The average Bonchev–Trinajstić information content (AvgIpc) is 3.00. The molecule has 1 aromatic carbocycles. The number of aromatic nitrogens is 3. The van der Waals surface area contributed by atoms with Gasteiger partial charge in [-0.05, 0) is 43.7 Å². The summed E-state index contributed by atoms with van der Waals surface area (Å²) in [6, 6.07) is 5.25. The van der Waals surface area contributed by atoms with Gasteiger partial charge in [-0.25, -0.2) is 22.5 Å². The Morgan fingerprint density at radius 3 is 2.87 bits per heavy atom. The standard InChI is InChI=1S/C15H19FN4O2S/c16-12-2-5-14(6-3-12)23(21,22)9-1-8-17-13-4-7-15-18-11-19-20(15)10-13/h2-3,5-6,11,13,17H,1,4,7-10H2/t13-/m0/s1. The second-order valence-corrected chi connectivity index (χ2v) is 7.78. The first-order valence-corrected chi connectivity index (χ1v) is 9.28. The molecule has 0 saturated carbocycles. The molecule has 0 bridgehead atoms. The Morgan fingerprint density at radius 2 is 2.09 bits per heavy atom. The Labute approximate surface area is 134 Å². The van der Waals surface area contributed by atoms with Crippen LogP contribution >= 0.6 is 0 Å². The zero-order valence-corrected chi connectivity index (χ0v) is 13.5. The van der Waals surface area contributed by atoms with Crippen molar-refractivity contribution in [3.63, 3.8) is 0 Å². The lowest BCUT2D eigenvalue weighted by atomic mass is 10.1. The lowest BCUT2D eigenvalue weighted by Crippen LogP contribution is -2.38. The van der Waals surface area contributed by atoms with Gasteiger partial charge in [0.25, 0.3) is 0 Å². The topological polar surface area (TPSA) is 76.9 Å². The molecule has 6 nitrogen and oxygen atoms in total. The van der Waals surface area contributed by atoms with E-state index < -0.39 is 15.7 Å². The molecule has 0 radical (unpaired) electrons. The second-order valence-electron chi connectivity index (χ2n) is 5.67. The number of hydrogen-bond donors (Lipinski definition) is 1. The van der Waals surface area contributed by atoms with Crippen LogP contribution in [0.4, 0.5) is 4.39 Å². The molecule has 0 amide bonds. The number of rotatable bonds is 6. The largest absolute Gasteiger partial charge is 0.312 e. The normalized spacial score (nSPS) is 17.9. The van der Waals surface area contributed by atoms with Crippen molar-refractivity contribution >= 4 is 9.84 Å².